The maximum absolute atomic E-state index is 13.2. The van der Waals surface area contributed by atoms with Crippen molar-refractivity contribution in [1.82, 2.24) is 15.0 Å². The maximum atomic E-state index is 13.2. The molecule has 4 aromatic rings. The molecule has 0 aliphatic rings. The van der Waals surface area contributed by atoms with E-state index in [2.05, 4.69) is 20.3 Å². The summed E-state index contributed by atoms with van der Waals surface area (Å²) in [5, 5.41) is 3.82. The van der Waals surface area contributed by atoms with Gasteiger partial charge in [-0.25, -0.2) is 9.37 Å². The van der Waals surface area contributed by atoms with Crippen LogP contribution in [0.5, 0.6) is 0 Å². The Morgan fingerprint density at radius 2 is 1.81 bits per heavy atom. The van der Waals surface area contributed by atoms with Gasteiger partial charge in [-0.1, -0.05) is 35.9 Å². The van der Waals surface area contributed by atoms with Crippen LogP contribution in [0.1, 0.15) is 0 Å². The first-order valence-electron chi connectivity index (χ1n) is 7.78. The number of para-hydroxylation sites is 1. The van der Waals surface area contributed by atoms with Gasteiger partial charge in [0.2, 0.25) is 5.95 Å². The Kier molecular flexibility index (Phi) is 4.10. The van der Waals surface area contributed by atoms with E-state index in [4.69, 9.17) is 11.6 Å². The van der Waals surface area contributed by atoms with Crippen LogP contribution in [0.4, 0.5) is 16.0 Å². The van der Waals surface area contributed by atoms with Gasteiger partial charge in [-0.2, -0.15) is 4.98 Å². The summed E-state index contributed by atoms with van der Waals surface area (Å²) in [6.45, 7) is 0. The van der Waals surface area contributed by atoms with E-state index >= 15 is 0 Å². The van der Waals surface area contributed by atoms with Gasteiger partial charge >= 0.3 is 0 Å². The predicted octanol–water partition coefficient (Wildman–Crippen LogP) is 4.52. The zero-order valence-electron chi connectivity index (χ0n) is 13.3. The molecule has 26 heavy (non-hydrogen) atoms. The van der Waals surface area contributed by atoms with Gasteiger partial charge in [0.25, 0.3) is 5.56 Å². The molecule has 0 bridgehead atoms. The van der Waals surface area contributed by atoms with E-state index in [0.717, 1.165) is 0 Å². The SMILES string of the molecule is O=c1[nH]c(Nc2ccccc2Cl)nc2nccc(-c3ccc(F)cc3)c12. The quantitative estimate of drug-likeness (QED) is 0.559. The Morgan fingerprint density at radius 1 is 1.04 bits per heavy atom. The summed E-state index contributed by atoms with van der Waals surface area (Å²) in [4.78, 5) is 23.9. The number of fused-ring (bicyclic) bond motifs is 1. The van der Waals surface area contributed by atoms with Gasteiger partial charge in [-0.05, 0) is 41.5 Å². The van der Waals surface area contributed by atoms with Crippen molar-refractivity contribution in [3.8, 4) is 11.1 Å². The van der Waals surface area contributed by atoms with Gasteiger partial charge < -0.3 is 5.32 Å². The highest BCUT2D eigenvalue weighted by molar-refractivity contribution is 6.33. The highest BCUT2D eigenvalue weighted by atomic mass is 35.5. The molecule has 7 heteroatoms. The topological polar surface area (TPSA) is 70.7 Å². The van der Waals surface area contributed by atoms with Crippen molar-refractivity contribution in [2.24, 2.45) is 0 Å². The van der Waals surface area contributed by atoms with Gasteiger partial charge in [0.1, 0.15) is 5.82 Å². The van der Waals surface area contributed by atoms with Crippen molar-refractivity contribution in [2.45, 2.75) is 0 Å². The Hall–Kier alpha value is -3.25. The van der Waals surface area contributed by atoms with Crippen molar-refractivity contribution in [1.29, 1.82) is 0 Å². The van der Waals surface area contributed by atoms with E-state index in [9.17, 15) is 9.18 Å². The number of pyridine rings is 1. The van der Waals surface area contributed by atoms with E-state index in [1.165, 1.54) is 12.1 Å². The minimum absolute atomic E-state index is 0.236. The molecule has 0 saturated carbocycles. The van der Waals surface area contributed by atoms with E-state index in [1.54, 1.807) is 42.6 Å². The summed E-state index contributed by atoms with van der Waals surface area (Å²) < 4.78 is 13.2. The normalized spacial score (nSPS) is 10.8. The van der Waals surface area contributed by atoms with Crippen molar-refractivity contribution in [2.75, 3.05) is 5.32 Å². The fourth-order valence-electron chi connectivity index (χ4n) is 2.68. The van der Waals surface area contributed by atoms with Crippen molar-refractivity contribution < 1.29 is 4.39 Å². The van der Waals surface area contributed by atoms with Gasteiger partial charge in [-0.15, -0.1) is 0 Å². The third kappa shape index (κ3) is 3.02. The second-order valence-corrected chi connectivity index (χ2v) is 5.99. The molecule has 0 saturated heterocycles. The molecule has 0 radical (unpaired) electrons. The van der Waals surface area contributed by atoms with E-state index in [-0.39, 0.29) is 23.0 Å². The molecule has 2 heterocycles. The summed E-state index contributed by atoms with van der Waals surface area (Å²) in [5.74, 6) is -0.107. The van der Waals surface area contributed by atoms with Crippen LogP contribution >= 0.6 is 11.6 Å². The zero-order valence-corrected chi connectivity index (χ0v) is 14.1. The summed E-state index contributed by atoms with van der Waals surface area (Å²) >= 11 is 6.12. The zero-order chi connectivity index (χ0) is 18.1. The first-order chi connectivity index (χ1) is 12.6. The molecule has 0 amide bonds. The van der Waals surface area contributed by atoms with Gasteiger partial charge in [0.15, 0.2) is 5.65 Å². The molecule has 0 aliphatic carbocycles. The number of hydrogen-bond acceptors (Lipinski definition) is 4. The molecule has 0 unspecified atom stereocenters. The third-order valence-corrected chi connectivity index (χ3v) is 4.22. The van der Waals surface area contributed by atoms with Crippen LogP contribution in [0.2, 0.25) is 5.02 Å². The van der Waals surface area contributed by atoms with Gasteiger partial charge in [0.05, 0.1) is 16.1 Å². The van der Waals surface area contributed by atoms with E-state index in [1.807, 2.05) is 6.07 Å². The highest BCUT2D eigenvalue weighted by Gasteiger charge is 2.12. The molecule has 2 aromatic carbocycles. The van der Waals surface area contributed by atoms with Crippen molar-refractivity contribution >= 4 is 34.3 Å². The molecular weight excluding hydrogens is 355 g/mol. The molecule has 0 aliphatic heterocycles. The number of nitrogens with one attached hydrogen (secondary N) is 2. The minimum atomic E-state index is -0.350. The monoisotopic (exact) mass is 366 g/mol. The second-order valence-electron chi connectivity index (χ2n) is 5.58. The number of nitrogens with zero attached hydrogens (tertiary/aromatic N) is 2. The number of anilines is 2. The summed E-state index contributed by atoms with van der Waals surface area (Å²) in [6, 6.07) is 14.7. The molecule has 5 nitrogen and oxygen atoms in total. The number of rotatable bonds is 3. The number of H-pyrrole nitrogens is 1. The smallest absolute Gasteiger partial charge is 0.262 e. The summed E-state index contributed by atoms with van der Waals surface area (Å²) in [7, 11) is 0. The molecule has 0 atom stereocenters. The number of halogens is 2. The minimum Gasteiger partial charge on any atom is -0.324 e. The standard InChI is InChI=1S/C19H12ClFN4O/c20-14-3-1-2-4-15(14)23-19-24-17-16(18(26)25-19)13(9-10-22-17)11-5-7-12(21)8-6-11/h1-10H,(H2,22,23,24,25,26). The summed E-state index contributed by atoms with van der Waals surface area (Å²) in [5.41, 5.74) is 1.89. The van der Waals surface area contributed by atoms with Crippen LogP contribution in [0.25, 0.3) is 22.2 Å². The van der Waals surface area contributed by atoms with Crippen LogP contribution in [-0.4, -0.2) is 15.0 Å². The molecule has 0 spiro atoms. The van der Waals surface area contributed by atoms with E-state index < -0.39 is 0 Å². The van der Waals surface area contributed by atoms with Crippen LogP contribution in [-0.2, 0) is 0 Å². The average molecular weight is 367 g/mol. The maximum Gasteiger partial charge on any atom is 0.262 e. The lowest BCUT2D eigenvalue weighted by Gasteiger charge is -2.09. The Balaban J connectivity index is 1.83. The molecule has 0 fully saturated rings. The summed E-state index contributed by atoms with van der Waals surface area (Å²) in [6.07, 6.45) is 1.56. The third-order valence-electron chi connectivity index (χ3n) is 3.89. The highest BCUT2D eigenvalue weighted by Crippen LogP contribution is 2.26. The first-order valence-corrected chi connectivity index (χ1v) is 8.16. The molecule has 2 N–H and O–H groups in total. The van der Waals surface area contributed by atoms with Crippen LogP contribution in [0.15, 0.2) is 65.6 Å². The fraction of sp³-hybridized carbons (Fsp3) is 0. The van der Waals surface area contributed by atoms with Crippen LogP contribution < -0.4 is 10.9 Å². The van der Waals surface area contributed by atoms with Gasteiger partial charge in [-0.3, -0.25) is 9.78 Å². The Bertz CT molecular complexity index is 1160. The predicted molar refractivity (Wildman–Crippen MR) is 100 cm³/mol. The average Bonchev–Trinajstić information content (AvgIpc) is 2.64. The number of benzene rings is 2. The van der Waals surface area contributed by atoms with Crippen LogP contribution in [0, 0.1) is 5.82 Å². The fourth-order valence-corrected chi connectivity index (χ4v) is 2.87. The Labute approximate surface area is 152 Å². The molecular formula is C19H12ClFN4O. The number of aromatic amines is 1. The lowest BCUT2D eigenvalue weighted by molar-refractivity contribution is 0.628. The molecule has 128 valence electrons. The lowest BCUT2D eigenvalue weighted by atomic mass is 10.0. The Morgan fingerprint density at radius 3 is 2.58 bits per heavy atom. The largest absolute Gasteiger partial charge is 0.324 e. The number of aromatic nitrogens is 3. The first kappa shape index (κ1) is 16.2. The van der Waals surface area contributed by atoms with Gasteiger partial charge in [0, 0.05) is 6.20 Å². The molecule has 2 aromatic heterocycles. The second kappa shape index (κ2) is 6.57. The lowest BCUT2D eigenvalue weighted by Crippen LogP contribution is -2.13. The van der Waals surface area contributed by atoms with Crippen LogP contribution in [0.3, 0.4) is 0 Å². The van der Waals surface area contributed by atoms with Crippen molar-refractivity contribution in [3.63, 3.8) is 0 Å². The number of hydrogen-bond donors (Lipinski definition) is 2. The van der Waals surface area contributed by atoms with Crippen molar-refractivity contribution in [3.05, 3.63) is 82.0 Å². The van der Waals surface area contributed by atoms with E-state index in [0.29, 0.717) is 27.2 Å². The molecule has 4 rings (SSSR count).